The molecule has 0 N–H and O–H groups in total. The highest BCUT2D eigenvalue weighted by molar-refractivity contribution is 5.00. The van der Waals surface area contributed by atoms with Gasteiger partial charge in [-0.15, -0.1) is 0 Å². The van der Waals surface area contributed by atoms with Crippen LogP contribution in [0.15, 0.2) is 11.6 Å². The normalized spacial score (nSPS) is 12.8. The molecule has 0 aromatic carbocycles. The molecule has 0 saturated carbocycles. The Labute approximate surface area is 58.4 Å². The fraction of sp³-hybridized carbons (Fsp3) is 0.750. The Bertz CT molecular complexity index is 92.7. The molecule has 0 aliphatic heterocycles. The second-order valence-electron chi connectivity index (χ2n) is 2.54. The summed E-state index contributed by atoms with van der Waals surface area (Å²) in [6.07, 6.45) is 3.37. The van der Waals surface area contributed by atoms with Crippen LogP contribution in [-0.2, 0) is 0 Å². The van der Waals surface area contributed by atoms with Crippen LogP contribution in [0.2, 0.25) is 0 Å². The van der Waals surface area contributed by atoms with E-state index < -0.39 is 0 Å². The molecule has 9 heavy (non-hydrogen) atoms. The zero-order valence-electron chi connectivity index (χ0n) is 6.94. The maximum atomic E-state index is 2.19. The number of rotatable bonds is 3. The van der Waals surface area contributed by atoms with Gasteiger partial charge < -0.3 is 4.90 Å². The molecule has 0 heterocycles. The van der Waals surface area contributed by atoms with E-state index in [4.69, 9.17) is 0 Å². The van der Waals surface area contributed by atoms with Crippen molar-refractivity contribution in [3.8, 4) is 0 Å². The van der Waals surface area contributed by atoms with Crippen molar-refractivity contribution in [1.82, 2.24) is 4.90 Å². The smallest absolute Gasteiger partial charge is 0.0186 e. The molecule has 0 aromatic heterocycles. The monoisotopic (exact) mass is 127 g/mol. The van der Waals surface area contributed by atoms with Crippen LogP contribution in [-0.4, -0.2) is 25.5 Å². The Morgan fingerprint density at radius 3 is 2.11 bits per heavy atom. The van der Waals surface area contributed by atoms with Gasteiger partial charge in [0.2, 0.25) is 0 Å². The van der Waals surface area contributed by atoms with Crippen LogP contribution in [0.5, 0.6) is 0 Å². The lowest BCUT2D eigenvalue weighted by atomic mass is 10.2. The third kappa shape index (κ3) is 4.22. The van der Waals surface area contributed by atoms with Gasteiger partial charge in [-0.25, -0.2) is 0 Å². The van der Waals surface area contributed by atoms with E-state index in [1.807, 2.05) is 0 Å². The molecule has 0 saturated heterocycles. The quantitative estimate of drug-likeness (QED) is 0.523. The topological polar surface area (TPSA) is 3.24 Å². The lowest BCUT2D eigenvalue weighted by molar-refractivity contribution is 0.440. The largest absolute Gasteiger partial charge is 0.305 e. The molecule has 0 aliphatic rings. The van der Waals surface area contributed by atoms with E-state index in [1.165, 1.54) is 12.0 Å². The number of nitrogens with zero attached hydrogens (tertiary/aromatic N) is 1. The Kier molecular flexibility index (Phi) is 4.41. The minimum Gasteiger partial charge on any atom is -0.305 e. The van der Waals surface area contributed by atoms with E-state index >= 15 is 0 Å². The first-order chi connectivity index (χ1) is 4.20. The van der Waals surface area contributed by atoms with Crippen molar-refractivity contribution >= 4 is 0 Å². The van der Waals surface area contributed by atoms with Crippen molar-refractivity contribution in [2.45, 2.75) is 20.3 Å². The van der Waals surface area contributed by atoms with Crippen molar-refractivity contribution in [2.24, 2.45) is 0 Å². The maximum absolute atomic E-state index is 2.19. The van der Waals surface area contributed by atoms with Gasteiger partial charge in [0.05, 0.1) is 0 Å². The Balaban J connectivity index is 3.58. The van der Waals surface area contributed by atoms with Gasteiger partial charge in [-0.1, -0.05) is 18.6 Å². The third-order valence-corrected chi connectivity index (χ3v) is 1.38. The highest BCUT2D eigenvalue weighted by Crippen LogP contribution is 1.99. The lowest BCUT2D eigenvalue weighted by Gasteiger charge is -2.10. The summed E-state index contributed by atoms with van der Waals surface area (Å²) >= 11 is 0. The van der Waals surface area contributed by atoms with Gasteiger partial charge in [0.15, 0.2) is 0 Å². The molecule has 0 radical (unpaired) electrons. The molecule has 0 rings (SSSR count). The fourth-order valence-corrected chi connectivity index (χ4v) is 0.813. The van der Waals surface area contributed by atoms with Crippen LogP contribution in [0.25, 0.3) is 0 Å². The fourth-order valence-electron chi connectivity index (χ4n) is 0.813. The predicted molar refractivity (Wildman–Crippen MR) is 42.6 cm³/mol. The third-order valence-electron chi connectivity index (χ3n) is 1.38. The SMILES string of the molecule is C/C=C(/CC)CN(C)C. The Morgan fingerprint density at radius 1 is 1.44 bits per heavy atom. The summed E-state index contributed by atoms with van der Waals surface area (Å²) in [7, 11) is 4.19. The van der Waals surface area contributed by atoms with Gasteiger partial charge in [0.1, 0.15) is 0 Å². The van der Waals surface area contributed by atoms with Crippen molar-refractivity contribution in [1.29, 1.82) is 0 Å². The highest BCUT2D eigenvalue weighted by Gasteiger charge is 1.92. The summed E-state index contributed by atoms with van der Waals surface area (Å²) in [4.78, 5) is 2.19. The second kappa shape index (κ2) is 4.57. The summed E-state index contributed by atoms with van der Waals surface area (Å²) in [6.45, 7) is 5.40. The molecular formula is C8H17N. The van der Waals surface area contributed by atoms with Crippen LogP contribution in [0.3, 0.4) is 0 Å². The summed E-state index contributed by atoms with van der Waals surface area (Å²) in [5.74, 6) is 0. The van der Waals surface area contributed by atoms with Gasteiger partial charge >= 0.3 is 0 Å². The van der Waals surface area contributed by atoms with Crippen LogP contribution >= 0.6 is 0 Å². The average Bonchev–Trinajstić information content (AvgIpc) is 1.82. The molecule has 1 nitrogen and oxygen atoms in total. The summed E-state index contributed by atoms with van der Waals surface area (Å²) < 4.78 is 0. The van der Waals surface area contributed by atoms with Crippen molar-refractivity contribution in [2.75, 3.05) is 20.6 Å². The van der Waals surface area contributed by atoms with Gasteiger partial charge in [0.25, 0.3) is 0 Å². The van der Waals surface area contributed by atoms with E-state index in [1.54, 1.807) is 0 Å². The highest BCUT2D eigenvalue weighted by atomic mass is 15.0. The second-order valence-corrected chi connectivity index (χ2v) is 2.54. The van der Waals surface area contributed by atoms with Gasteiger partial charge in [-0.3, -0.25) is 0 Å². The van der Waals surface area contributed by atoms with Crippen LogP contribution < -0.4 is 0 Å². The van der Waals surface area contributed by atoms with Crippen LogP contribution in [0, 0.1) is 0 Å². The molecule has 0 fully saturated rings. The molecule has 1 heteroatoms. The molecule has 0 amide bonds. The standard InChI is InChI=1S/C8H17N/c1-5-8(6-2)7-9(3)4/h5H,6-7H2,1-4H3/b8-5-. The van der Waals surface area contributed by atoms with Gasteiger partial charge in [-0.2, -0.15) is 0 Å². The van der Waals surface area contributed by atoms with Crippen molar-refractivity contribution in [3.63, 3.8) is 0 Å². The van der Waals surface area contributed by atoms with Crippen LogP contribution in [0.4, 0.5) is 0 Å². The minimum atomic E-state index is 1.10. The molecule has 0 unspecified atom stereocenters. The molecule has 0 aliphatic carbocycles. The van der Waals surface area contributed by atoms with Crippen molar-refractivity contribution in [3.05, 3.63) is 11.6 Å². The van der Waals surface area contributed by atoms with E-state index in [2.05, 4.69) is 38.9 Å². The first-order valence-electron chi connectivity index (χ1n) is 3.49. The van der Waals surface area contributed by atoms with E-state index in [-0.39, 0.29) is 0 Å². The Hall–Kier alpha value is -0.300. The number of hydrogen-bond donors (Lipinski definition) is 0. The van der Waals surface area contributed by atoms with E-state index in [0.717, 1.165) is 6.54 Å². The average molecular weight is 127 g/mol. The number of allylic oxidation sites excluding steroid dienone is 1. The number of hydrogen-bond acceptors (Lipinski definition) is 1. The predicted octanol–water partition coefficient (Wildman–Crippen LogP) is 1.90. The first-order valence-corrected chi connectivity index (χ1v) is 3.49. The molecule has 0 bridgehead atoms. The molecule has 0 aromatic rings. The Morgan fingerprint density at radius 2 is 2.00 bits per heavy atom. The maximum Gasteiger partial charge on any atom is 0.0186 e. The summed E-state index contributed by atoms with van der Waals surface area (Å²) in [5, 5.41) is 0. The summed E-state index contributed by atoms with van der Waals surface area (Å²) in [5.41, 5.74) is 1.51. The zero-order chi connectivity index (χ0) is 7.28. The van der Waals surface area contributed by atoms with E-state index in [9.17, 15) is 0 Å². The van der Waals surface area contributed by atoms with Gasteiger partial charge in [0, 0.05) is 6.54 Å². The molecule has 0 atom stereocenters. The minimum absolute atomic E-state index is 1.10. The van der Waals surface area contributed by atoms with Gasteiger partial charge in [-0.05, 0) is 27.4 Å². The zero-order valence-corrected chi connectivity index (χ0v) is 6.94. The number of likely N-dealkylation sites (N-methyl/N-ethyl adjacent to an activating group) is 1. The van der Waals surface area contributed by atoms with Crippen LogP contribution in [0.1, 0.15) is 20.3 Å². The first kappa shape index (κ1) is 8.70. The molecular weight excluding hydrogens is 110 g/mol. The lowest BCUT2D eigenvalue weighted by Crippen LogP contribution is -2.14. The van der Waals surface area contributed by atoms with Crippen molar-refractivity contribution < 1.29 is 0 Å². The molecule has 0 spiro atoms. The van der Waals surface area contributed by atoms with E-state index in [0.29, 0.717) is 0 Å². The molecule has 54 valence electrons. The summed E-state index contributed by atoms with van der Waals surface area (Å²) in [6, 6.07) is 0.